The summed E-state index contributed by atoms with van der Waals surface area (Å²) in [5, 5.41) is 50.5. The summed E-state index contributed by atoms with van der Waals surface area (Å²) < 4.78 is 31.2. The van der Waals surface area contributed by atoms with Crippen LogP contribution in [0.3, 0.4) is 0 Å². The summed E-state index contributed by atoms with van der Waals surface area (Å²) in [6.45, 7) is 48.0. The molecule has 2 rings (SSSR count). The Hall–Kier alpha value is 2.53. The predicted octanol–water partition coefficient (Wildman–Crippen LogP) is 28.0. The molecule has 8 unspecified atom stereocenters. The van der Waals surface area contributed by atoms with E-state index in [0.29, 0.717) is 50.1 Å². The number of unbranched alkanes of at least 4 members (excludes halogenated alkanes) is 35. The molecule has 23 heteroatoms. The summed E-state index contributed by atoms with van der Waals surface area (Å²) in [7, 11) is -3.54. The molecule has 0 bridgehead atoms. The topological polar surface area (TPSA) is 186 Å². The monoisotopic (exact) mass is 2020 g/mol. The first-order chi connectivity index (χ1) is 61.0. The number of aliphatic hydroxyl groups excluding tert-OH is 4. The van der Waals surface area contributed by atoms with Crippen molar-refractivity contribution >= 4 is 134 Å². The summed E-state index contributed by atoms with van der Waals surface area (Å²) in [6.07, 6.45) is 64.9. The van der Waals surface area contributed by atoms with Gasteiger partial charge in [0.05, 0.1) is 18.3 Å². The molecule has 2 aromatic carbocycles. The molecule has 764 valence electrons. The van der Waals surface area contributed by atoms with Gasteiger partial charge in [0, 0.05) is 93.9 Å². The van der Waals surface area contributed by atoms with Gasteiger partial charge in [-0.25, -0.2) is 8.42 Å². The van der Waals surface area contributed by atoms with Crippen LogP contribution in [0.25, 0.3) is 11.1 Å². The molecule has 0 aliphatic carbocycles. The molecule has 0 amide bonds. The van der Waals surface area contributed by atoms with E-state index in [1.807, 2.05) is 26.0 Å². The van der Waals surface area contributed by atoms with Gasteiger partial charge in [0.25, 0.3) is 0 Å². The molecule has 0 aliphatic heterocycles. The Bertz CT molecular complexity index is 2390. The van der Waals surface area contributed by atoms with Crippen molar-refractivity contribution in [3.8, 4) is 11.1 Å². The van der Waals surface area contributed by atoms with Crippen LogP contribution in [-0.2, 0) is 9.15 Å². The molecule has 0 saturated carbocycles. The van der Waals surface area contributed by atoms with Crippen LogP contribution in [0.15, 0.2) is 46.2 Å². The average molecular weight is 2020 g/mol. The van der Waals surface area contributed by atoms with Crippen LogP contribution in [0, 0.1) is 43.4 Å². The fraction of sp³-hybridized carbons (Fsp3) is 0.886. The van der Waals surface area contributed by atoms with Crippen LogP contribution in [0.1, 0.15) is 443 Å². The van der Waals surface area contributed by atoms with Crippen molar-refractivity contribution < 1.29 is 63.0 Å². The molecular weight excluding hydrogens is 1800 g/mol. The molecule has 8 N–H and O–H groups in total. The standard InChI is InChI=1S/C19H40.C18H38O3S2.C17H38N2S2.C16H36N2S2.C14H14S2.C7H16O.C7H16S.C4H10O2S2.C3H8O.Na/c1-3-5-7-9-11-13-15-17-19-18-16-14-12-10-8-6-4-2;1-2-3-4-5-6-7-8-9-10-11-12-13-14-15-16-17-18-22-23(19,20)21;1-5-14(6-2)16(20)12-18-10-9-11-19-13-17(21)15(7-3)8-4;1-5-13(6-2)15(19)11-17-9-10-18-12-16(20)14(7-3)8-4;1-9-7-11(3-5-13(9)15)12-4-6-14(16)10(2)8-12;1-4-6(3)7(8)5-2;1-2-3-4-5-6-7-8;5-3(1-7)4(6)2-8;1-2-3-4;/h3-19H2,1-2H3;2-18H2,1H3,(H,19,20,21);14-21H,5-13H2,1-4H3;13-20H,5-12H2,1-4H3;3-8,15-16H,1-2H3;6-8H,4-5H2,1-3H3;8H,2-7H2,1H3;3-8H,1-2H2;4H,2-3H2,1H3;/q;;;;;;;;;+1/p-1. The van der Waals surface area contributed by atoms with Gasteiger partial charge in [-0.3, -0.25) is 0 Å². The molecule has 128 heavy (non-hydrogen) atoms. The van der Waals surface area contributed by atoms with E-state index in [4.69, 9.17) is 70.9 Å². The first-order valence-electron chi connectivity index (χ1n) is 52.2. The van der Waals surface area contributed by atoms with Crippen LogP contribution in [0.5, 0.6) is 0 Å². The van der Waals surface area contributed by atoms with Crippen molar-refractivity contribution in [2.75, 3.05) is 82.0 Å². The Labute approximate surface area is 874 Å². The molecule has 0 radical (unpaired) electrons. The van der Waals surface area contributed by atoms with Crippen molar-refractivity contribution in [2.24, 2.45) is 29.6 Å². The summed E-state index contributed by atoms with van der Waals surface area (Å²) in [5.41, 5.74) is 4.86. The van der Waals surface area contributed by atoms with E-state index in [2.05, 4.69) is 219 Å². The number of benzene rings is 2. The van der Waals surface area contributed by atoms with Gasteiger partial charge in [0.15, 0.2) is 0 Å². The number of aryl methyl sites for hydroxylation is 2. The zero-order chi connectivity index (χ0) is 97.2. The second kappa shape index (κ2) is 115. The maximum Gasteiger partial charge on any atom is 1.00 e. The van der Waals surface area contributed by atoms with E-state index < -0.39 is 21.4 Å². The molecule has 0 spiro atoms. The Morgan fingerprint density at radius 1 is 0.344 bits per heavy atom. The van der Waals surface area contributed by atoms with Gasteiger partial charge in [-0.2, -0.15) is 88.4 Å². The van der Waals surface area contributed by atoms with Crippen molar-refractivity contribution in [2.45, 2.75) is 495 Å². The second-order valence-corrected chi connectivity index (χ2v) is 43.5. The third-order valence-electron chi connectivity index (χ3n) is 24.2. The van der Waals surface area contributed by atoms with Crippen molar-refractivity contribution in [1.82, 2.24) is 21.3 Å². The van der Waals surface area contributed by atoms with Crippen molar-refractivity contribution in [3.05, 3.63) is 47.5 Å². The first kappa shape index (κ1) is 146. The van der Waals surface area contributed by atoms with Gasteiger partial charge in [0.1, 0.15) is 9.15 Å². The maximum atomic E-state index is 10.4. The third-order valence-corrected chi connectivity index (χ3v) is 30.7. The molecule has 0 fully saturated rings. The van der Waals surface area contributed by atoms with E-state index in [9.17, 15) is 13.0 Å². The van der Waals surface area contributed by atoms with Crippen LogP contribution in [0.2, 0.25) is 0 Å². The van der Waals surface area contributed by atoms with E-state index in [-0.39, 0.29) is 47.2 Å². The van der Waals surface area contributed by atoms with Crippen molar-refractivity contribution in [1.29, 1.82) is 0 Å². The van der Waals surface area contributed by atoms with Gasteiger partial charge in [-0.1, -0.05) is 424 Å². The Morgan fingerprint density at radius 2 is 0.578 bits per heavy atom. The number of hydrogen-bond acceptors (Lipinski definition) is 21. The summed E-state index contributed by atoms with van der Waals surface area (Å²) in [5.74, 6) is 5.48. The minimum absolute atomic E-state index is 0. The molecule has 0 heterocycles. The summed E-state index contributed by atoms with van der Waals surface area (Å²) >= 11 is 39.2. The van der Waals surface area contributed by atoms with E-state index >= 15 is 0 Å². The van der Waals surface area contributed by atoms with Gasteiger partial charge in [-0.15, -0.1) is 25.3 Å². The molecule has 0 saturated heterocycles. The first-order valence-corrected chi connectivity index (χ1v) is 60.0. The van der Waals surface area contributed by atoms with E-state index in [0.717, 1.165) is 130 Å². The predicted molar refractivity (Wildman–Crippen MR) is 606 cm³/mol. The van der Waals surface area contributed by atoms with Crippen LogP contribution < -0.4 is 50.8 Å². The number of hydrogen-bond donors (Lipinski definition) is 17. The molecule has 2 aromatic rings. The zero-order valence-corrected chi connectivity index (χ0v) is 98.5. The Balaban J connectivity index is -0.000000218. The summed E-state index contributed by atoms with van der Waals surface area (Å²) in [4.78, 5) is 2.07. The third kappa shape index (κ3) is 104. The molecule has 0 aliphatic rings. The second-order valence-electron chi connectivity index (χ2n) is 35.3. The molecular formula is C105H215N4NaO7S11. The van der Waals surface area contributed by atoms with Crippen LogP contribution in [-0.4, -0.2) is 155 Å². The van der Waals surface area contributed by atoms with Crippen molar-refractivity contribution in [3.63, 3.8) is 0 Å². The van der Waals surface area contributed by atoms with Gasteiger partial charge >= 0.3 is 29.6 Å². The molecule has 8 atom stereocenters. The van der Waals surface area contributed by atoms with Gasteiger partial charge in [0.2, 0.25) is 0 Å². The van der Waals surface area contributed by atoms with Crippen LogP contribution in [0.4, 0.5) is 0 Å². The normalized spacial score (nSPS) is 13.0. The fourth-order valence-corrected chi connectivity index (χ4v) is 19.1. The number of aliphatic hydroxyl groups is 4. The summed E-state index contributed by atoms with van der Waals surface area (Å²) in [6, 6.07) is 12.6. The number of nitrogens with one attached hydrogen (secondary N) is 4. The zero-order valence-electron chi connectivity index (χ0n) is 86.8. The largest absolute Gasteiger partial charge is 1.00 e. The van der Waals surface area contributed by atoms with Crippen LogP contribution >= 0.6 is 124 Å². The minimum Gasteiger partial charge on any atom is -0.739 e. The Morgan fingerprint density at radius 3 is 0.766 bits per heavy atom. The van der Waals surface area contributed by atoms with Gasteiger partial charge in [-0.05, 0) is 140 Å². The SMILES string of the molecule is CCC(C)C(O)CC.CCC(CC)C(S)CNCCCNCC(S)C(CC)CC.CCC(CC)C(S)CNCCNCC(S)C(CC)CC.CCCCCCCCCCCCCCCCCCC.CCCCCCCCCCCCCCCCCCSS(=O)(=O)[O-].CCCCCCCS.CCCO.Cc1cc(-c2ccc(S)c(C)c2)ccc1S.OC(CS)C(O)CS.[Na+]. The Kier molecular flexibility index (Phi) is 131. The van der Waals surface area contributed by atoms with Gasteiger partial charge < -0.3 is 46.2 Å². The number of thiol groups is 9. The smallest absolute Gasteiger partial charge is 0.739 e. The van der Waals surface area contributed by atoms with E-state index in [1.54, 1.807) is 0 Å². The quantitative estimate of drug-likeness (QED) is 0.00990. The minimum atomic E-state index is -4.08. The molecule has 0 aromatic heterocycles. The number of rotatable bonds is 74. The molecule has 11 nitrogen and oxygen atoms in total. The maximum absolute atomic E-state index is 10.4. The average Bonchev–Trinajstić information content (AvgIpc) is 0.833. The van der Waals surface area contributed by atoms with E-state index in [1.165, 1.54) is 305 Å². The fourth-order valence-electron chi connectivity index (χ4n) is 14.4.